The number of hydrogen-bond acceptors (Lipinski definition) is 4. The van der Waals surface area contributed by atoms with Gasteiger partial charge in [0.1, 0.15) is 0 Å². The molecule has 2 rings (SSSR count). The van der Waals surface area contributed by atoms with Crippen LogP contribution >= 0.6 is 15.9 Å². The molecule has 1 aromatic heterocycles. The molecule has 0 aliphatic heterocycles. The van der Waals surface area contributed by atoms with E-state index < -0.39 is 5.60 Å². The number of hydrogen-bond donors (Lipinski definition) is 1. The van der Waals surface area contributed by atoms with E-state index in [1.807, 2.05) is 23.1 Å². The average molecular weight is 336 g/mol. The highest BCUT2D eigenvalue weighted by Crippen LogP contribution is 2.17. The first-order chi connectivity index (χ1) is 9.44. The summed E-state index contributed by atoms with van der Waals surface area (Å²) in [6.45, 7) is 4.68. The normalized spacial score (nSPS) is 11.4. The molecule has 0 amide bonds. The van der Waals surface area contributed by atoms with Crippen LogP contribution in [0.5, 0.6) is 0 Å². The van der Waals surface area contributed by atoms with Gasteiger partial charge in [-0.05, 0) is 35.3 Å². The highest BCUT2D eigenvalue weighted by Gasteiger charge is 2.20. The average Bonchev–Trinajstić information content (AvgIpc) is 2.38. The van der Waals surface area contributed by atoms with Crippen molar-refractivity contribution >= 4 is 21.9 Å². The molecule has 1 N–H and O–H groups in total. The number of aromatic nitrogens is 2. The summed E-state index contributed by atoms with van der Waals surface area (Å²) in [7, 11) is 0. The molecule has 0 unspecified atom stereocenters. The van der Waals surface area contributed by atoms with E-state index in [9.17, 15) is 5.11 Å². The van der Waals surface area contributed by atoms with Gasteiger partial charge in [-0.2, -0.15) is 0 Å². The quantitative estimate of drug-likeness (QED) is 0.912. The van der Waals surface area contributed by atoms with Crippen LogP contribution in [-0.2, 0) is 6.54 Å². The second-order valence-corrected chi connectivity index (χ2v) is 6.27. The fraction of sp³-hybridized carbons (Fsp3) is 0.333. The van der Waals surface area contributed by atoms with Crippen LogP contribution in [0.15, 0.2) is 47.2 Å². The number of anilines is 1. The van der Waals surface area contributed by atoms with E-state index >= 15 is 0 Å². The first-order valence-electron chi connectivity index (χ1n) is 6.43. The molecule has 0 aliphatic rings. The number of benzene rings is 1. The van der Waals surface area contributed by atoms with E-state index in [1.54, 1.807) is 26.2 Å². The third kappa shape index (κ3) is 4.58. The van der Waals surface area contributed by atoms with Crippen LogP contribution in [0, 0.1) is 0 Å². The molecule has 0 radical (unpaired) electrons. The third-order valence-corrected chi connectivity index (χ3v) is 3.09. The molecule has 0 bridgehead atoms. The summed E-state index contributed by atoms with van der Waals surface area (Å²) in [6.07, 6.45) is 3.43. The summed E-state index contributed by atoms with van der Waals surface area (Å²) >= 11 is 3.33. The Kier molecular flexibility index (Phi) is 4.73. The fourth-order valence-electron chi connectivity index (χ4n) is 1.94. The molecular formula is C15H18BrN3O. The maximum absolute atomic E-state index is 10.1. The van der Waals surface area contributed by atoms with Gasteiger partial charge in [0, 0.05) is 25.5 Å². The zero-order valence-electron chi connectivity index (χ0n) is 11.6. The van der Waals surface area contributed by atoms with Crippen LogP contribution in [0.25, 0.3) is 0 Å². The Morgan fingerprint density at radius 2 is 1.75 bits per heavy atom. The van der Waals surface area contributed by atoms with Crippen molar-refractivity contribution in [1.82, 2.24) is 9.97 Å². The number of nitrogens with zero attached hydrogens (tertiary/aromatic N) is 3. The summed E-state index contributed by atoms with van der Waals surface area (Å²) in [5.41, 5.74) is 0.342. The van der Waals surface area contributed by atoms with Crippen LogP contribution in [0.3, 0.4) is 0 Å². The topological polar surface area (TPSA) is 49.2 Å². The van der Waals surface area contributed by atoms with Crippen LogP contribution < -0.4 is 4.90 Å². The SMILES string of the molecule is CC(C)(O)CN(Cc1ccccc1)c1ncc(Br)cn1. The maximum Gasteiger partial charge on any atom is 0.225 e. The zero-order valence-corrected chi connectivity index (χ0v) is 13.2. The summed E-state index contributed by atoms with van der Waals surface area (Å²) in [5.74, 6) is 0.610. The largest absolute Gasteiger partial charge is 0.389 e. The highest BCUT2D eigenvalue weighted by atomic mass is 79.9. The minimum Gasteiger partial charge on any atom is -0.389 e. The summed E-state index contributed by atoms with van der Waals surface area (Å²) in [6, 6.07) is 10.1. The minimum absolute atomic E-state index is 0.462. The fourth-order valence-corrected chi connectivity index (χ4v) is 2.14. The number of rotatable bonds is 5. The van der Waals surface area contributed by atoms with Crippen molar-refractivity contribution in [3.63, 3.8) is 0 Å². The Bertz CT molecular complexity index is 537. The van der Waals surface area contributed by atoms with E-state index in [0.29, 0.717) is 19.0 Å². The predicted octanol–water partition coefficient (Wildman–Crippen LogP) is 3.02. The van der Waals surface area contributed by atoms with Crippen molar-refractivity contribution in [3.05, 3.63) is 52.8 Å². The summed E-state index contributed by atoms with van der Waals surface area (Å²) < 4.78 is 0.837. The minimum atomic E-state index is -0.814. The molecule has 20 heavy (non-hydrogen) atoms. The maximum atomic E-state index is 10.1. The van der Waals surface area contributed by atoms with Gasteiger partial charge in [0.15, 0.2) is 0 Å². The number of halogens is 1. The lowest BCUT2D eigenvalue weighted by Gasteiger charge is -2.29. The molecular weight excluding hydrogens is 318 g/mol. The van der Waals surface area contributed by atoms with E-state index in [0.717, 1.165) is 10.0 Å². The molecule has 106 valence electrons. The van der Waals surface area contributed by atoms with Crippen molar-refractivity contribution in [2.45, 2.75) is 26.0 Å². The Morgan fingerprint density at radius 1 is 1.15 bits per heavy atom. The molecule has 5 heteroatoms. The van der Waals surface area contributed by atoms with Crippen molar-refractivity contribution in [2.24, 2.45) is 0 Å². The highest BCUT2D eigenvalue weighted by molar-refractivity contribution is 9.10. The summed E-state index contributed by atoms with van der Waals surface area (Å²) in [5, 5.41) is 10.1. The van der Waals surface area contributed by atoms with Gasteiger partial charge >= 0.3 is 0 Å². The van der Waals surface area contributed by atoms with Crippen LogP contribution in [0.4, 0.5) is 5.95 Å². The van der Waals surface area contributed by atoms with Gasteiger partial charge in [-0.15, -0.1) is 0 Å². The number of aliphatic hydroxyl groups is 1. The van der Waals surface area contributed by atoms with Gasteiger partial charge in [0.2, 0.25) is 5.95 Å². The van der Waals surface area contributed by atoms with E-state index in [2.05, 4.69) is 38.0 Å². The second-order valence-electron chi connectivity index (χ2n) is 5.36. The van der Waals surface area contributed by atoms with Gasteiger partial charge < -0.3 is 10.0 Å². The van der Waals surface area contributed by atoms with Crippen LogP contribution in [0.1, 0.15) is 19.4 Å². The van der Waals surface area contributed by atoms with Crippen LogP contribution in [0.2, 0.25) is 0 Å². The smallest absolute Gasteiger partial charge is 0.225 e. The van der Waals surface area contributed by atoms with E-state index in [4.69, 9.17) is 0 Å². The summed E-state index contributed by atoms with van der Waals surface area (Å²) in [4.78, 5) is 10.6. The van der Waals surface area contributed by atoms with Crippen molar-refractivity contribution in [3.8, 4) is 0 Å². The van der Waals surface area contributed by atoms with Crippen molar-refractivity contribution in [1.29, 1.82) is 0 Å². The first-order valence-corrected chi connectivity index (χ1v) is 7.22. The predicted molar refractivity (Wildman–Crippen MR) is 83.5 cm³/mol. The Hall–Kier alpha value is -1.46. The van der Waals surface area contributed by atoms with Gasteiger partial charge in [0.05, 0.1) is 10.1 Å². The van der Waals surface area contributed by atoms with Gasteiger partial charge in [-0.3, -0.25) is 0 Å². The second kappa shape index (κ2) is 6.33. The van der Waals surface area contributed by atoms with E-state index in [-0.39, 0.29) is 0 Å². The monoisotopic (exact) mass is 335 g/mol. The first kappa shape index (κ1) is 14.9. The Labute approximate surface area is 127 Å². The molecule has 0 aliphatic carbocycles. The molecule has 1 aromatic carbocycles. The zero-order chi connectivity index (χ0) is 14.6. The Balaban J connectivity index is 2.22. The van der Waals surface area contributed by atoms with Gasteiger partial charge in [0.25, 0.3) is 0 Å². The molecule has 2 aromatic rings. The molecule has 0 fully saturated rings. The molecule has 0 atom stereocenters. The molecule has 0 saturated carbocycles. The van der Waals surface area contributed by atoms with Crippen molar-refractivity contribution < 1.29 is 5.11 Å². The molecule has 1 heterocycles. The Morgan fingerprint density at radius 3 is 2.30 bits per heavy atom. The van der Waals surface area contributed by atoms with E-state index in [1.165, 1.54) is 0 Å². The van der Waals surface area contributed by atoms with Crippen molar-refractivity contribution in [2.75, 3.05) is 11.4 Å². The molecule has 0 saturated heterocycles. The lowest BCUT2D eigenvalue weighted by molar-refractivity contribution is 0.0866. The standard InChI is InChI=1S/C15H18BrN3O/c1-15(2,20)11-19(10-12-6-4-3-5-7-12)14-17-8-13(16)9-18-14/h3-9,20H,10-11H2,1-2H3. The molecule has 0 spiro atoms. The lowest BCUT2D eigenvalue weighted by atomic mass is 10.1. The molecule has 4 nitrogen and oxygen atoms in total. The lowest BCUT2D eigenvalue weighted by Crippen LogP contribution is -2.39. The van der Waals surface area contributed by atoms with Crippen LogP contribution in [-0.4, -0.2) is 27.2 Å². The van der Waals surface area contributed by atoms with Gasteiger partial charge in [-0.1, -0.05) is 30.3 Å². The van der Waals surface area contributed by atoms with Gasteiger partial charge in [-0.25, -0.2) is 9.97 Å². The third-order valence-electron chi connectivity index (χ3n) is 2.68.